The quantitative estimate of drug-likeness (QED) is 0.741. The summed E-state index contributed by atoms with van der Waals surface area (Å²) in [5, 5.41) is 5.95. The van der Waals surface area contributed by atoms with Gasteiger partial charge in [-0.15, -0.1) is 5.10 Å². The second-order valence-electron chi connectivity index (χ2n) is 3.18. The molecule has 72 valence electrons. The van der Waals surface area contributed by atoms with Crippen LogP contribution in [0.2, 0.25) is 0 Å². The van der Waals surface area contributed by atoms with Gasteiger partial charge in [-0.05, 0) is 19.3 Å². The highest BCUT2D eigenvalue weighted by atomic mass is 16.5. The molecule has 0 bridgehead atoms. The average molecular weight is 184 g/mol. The van der Waals surface area contributed by atoms with Crippen LogP contribution in [0, 0.1) is 0 Å². The Morgan fingerprint density at radius 3 is 3.15 bits per heavy atom. The molecule has 1 N–H and O–H groups in total. The summed E-state index contributed by atoms with van der Waals surface area (Å²) in [7, 11) is 0. The molecule has 1 aliphatic rings. The Kier molecular flexibility index (Phi) is 2.44. The molecular formula is C8H12N2O3. The molecule has 1 aliphatic heterocycles. The first-order chi connectivity index (χ1) is 6.34. The van der Waals surface area contributed by atoms with Crippen LogP contribution < -0.4 is 5.76 Å². The lowest BCUT2D eigenvalue weighted by atomic mass is 10.1. The molecular weight excluding hydrogens is 172 g/mol. The molecule has 2 rings (SSSR count). The summed E-state index contributed by atoms with van der Waals surface area (Å²) >= 11 is 0. The Hall–Kier alpha value is -1.10. The minimum Gasteiger partial charge on any atom is -0.393 e. The van der Waals surface area contributed by atoms with E-state index in [2.05, 4.69) is 10.2 Å². The predicted molar refractivity (Wildman–Crippen MR) is 44.4 cm³/mol. The summed E-state index contributed by atoms with van der Waals surface area (Å²) in [6, 6.07) is 0. The van der Waals surface area contributed by atoms with Gasteiger partial charge in [-0.3, -0.25) is 0 Å². The Morgan fingerprint density at radius 2 is 2.54 bits per heavy atom. The normalized spacial score (nSPS) is 22.3. The molecule has 0 radical (unpaired) electrons. The zero-order chi connectivity index (χ0) is 9.10. The third-order valence-corrected chi connectivity index (χ3v) is 2.19. The Balaban J connectivity index is 1.82. The fourth-order valence-electron chi connectivity index (χ4n) is 1.52. The van der Waals surface area contributed by atoms with Gasteiger partial charge in [0.05, 0.1) is 6.10 Å². The first-order valence-corrected chi connectivity index (χ1v) is 4.50. The molecule has 5 nitrogen and oxygen atoms in total. The molecule has 13 heavy (non-hydrogen) atoms. The van der Waals surface area contributed by atoms with Crippen LogP contribution in [0.3, 0.4) is 0 Å². The van der Waals surface area contributed by atoms with Crippen molar-refractivity contribution >= 4 is 0 Å². The monoisotopic (exact) mass is 184 g/mol. The highest BCUT2D eigenvalue weighted by Crippen LogP contribution is 2.16. The van der Waals surface area contributed by atoms with Crippen molar-refractivity contribution in [2.75, 3.05) is 6.61 Å². The highest BCUT2D eigenvalue weighted by Gasteiger charge is 2.16. The Labute approximate surface area is 75.1 Å². The molecule has 5 heteroatoms. The third kappa shape index (κ3) is 2.18. The molecule has 2 heterocycles. The molecule has 1 unspecified atom stereocenters. The van der Waals surface area contributed by atoms with Crippen LogP contribution in [0.25, 0.3) is 0 Å². The SMILES string of the molecule is O=c1[nH]nc(CCC2CCCO2)o1. The maximum atomic E-state index is 10.6. The Bertz CT molecular complexity index is 311. The molecule has 0 saturated carbocycles. The summed E-state index contributed by atoms with van der Waals surface area (Å²) in [5.74, 6) is -0.0113. The van der Waals surface area contributed by atoms with Crippen molar-refractivity contribution in [3.05, 3.63) is 16.4 Å². The predicted octanol–water partition coefficient (Wildman–Crippen LogP) is 0.474. The van der Waals surface area contributed by atoms with Crippen LogP contribution in [0.4, 0.5) is 0 Å². The van der Waals surface area contributed by atoms with E-state index in [9.17, 15) is 4.79 Å². The first-order valence-electron chi connectivity index (χ1n) is 4.50. The van der Waals surface area contributed by atoms with Gasteiger partial charge in [-0.2, -0.15) is 0 Å². The number of aromatic nitrogens is 2. The number of aryl methyl sites for hydroxylation is 1. The lowest BCUT2D eigenvalue weighted by Gasteiger charge is -2.05. The lowest BCUT2D eigenvalue weighted by Crippen LogP contribution is -2.06. The molecule has 0 spiro atoms. The molecule has 0 aromatic carbocycles. The van der Waals surface area contributed by atoms with Gasteiger partial charge in [-0.25, -0.2) is 9.89 Å². The molecule has 0 aliphatic carbocycles. The van der Waals surface area contributed by atoms with Gasteiger partial charge in [0.1, 0.15) is 0 Å². The number of nitrogens with zero attached hydrogens (tertiary/aromatic N) is 1. The number of H-pyrrole nitrogens is 1. The van der Waals surface area contributed by atoms with Crippen molar-refractivity contribution in [1.29, 1.82) is 0 Å². The molecule has 1 fully saturated rings. The fourth-order valence-corrected chi connectivity index (χ4v) is 1.52. The first kappa shape index (κ1) is 8.50. The minimum atomic E-state index is -0.484. The van der Waals surface area contributed by atoms with Gasteiger partial charge in [0.15, 0.2) is 0 Å². The topological polar surface area (TPSA) is 68.1 Å². The summed E-state index contributed by atoms with van der Waals surface area (Å²) in [4.78, 5) is 10.6. The summed E-state index contributed by atoms with van der Waals surface area (Å²) in [6.45, 7) is 0.856. The van der Waals surface area contributed by atoms with E-state index in [1.165, 1.54) is 0 Å². The zero-order valence-electron chi connectivity index (χ0n) is 7.28. The van der Waals surface area contributed by atoms with Gasteiger partial charge in [-0.1, -0.05) is 0 Å². The largest absolute Gasteiger partial charge is 0.434 e. The number of rotatable bonds is 3. The van der Waals surface area contributed by atoms with Gasteiger partial charge < -0.3 is 9.15 Å². The zero-order valence-corrected chi connectivity index (χ0v) is 7.28. The summed E-state index contributed by atoms with van der Waals surface area (Å²) in [6.07, 6.45) is 4.11. The van der Waals surface area contributed by atoms with E-state index in [1.54, 1.807) is 0 Å². The van der Waals surface area contributed by atoms with Crippen LogP contribution in [-0.4, -0.2) is 22.9 Å². The molecule has 1 aromatic heterocycles. The van der Waals surface area contributed by atoms with E-state index in [0.29, 0.717) is 18.4 Å². The fraction of sp³-hybridized carbons (Fsp3) is 0.750. The van der Waals surface area contributed by atoms with Gasteiger partial charge in [0.2, 0.25) is 5.89 Å². The standard InChI is InChI=1S/C8H12N2O3/c11-8-10-9-7(13-8)4-3-6-2-1-5-12-6/h6H,1-5H2,(H,10,11). The number of hydrogen-bond donors (Lipinski definition) is 1. The van der Waals surface area contributed by atoms with E-state index in [4.69, 9.17) is 9.15 Å². The van der Waals surface area contributed by atoms with Crippen molar-refractivity contribution in [2.24, 2.45) is 0 Å². The number of nitrogens with one attached hydrogen (secondary N) is 1. The molecule has 0 amide bonds. The van der Waals surface area contributed by atoms with E-state index >= 15 is 0 Å². The minimum absolute atomic E-state index is 0.321. The lowest BCUT2D eigenvalue weighted by molar-refractivity contribution is 0.103. The maximum Gasteiger partial charge on any atom is 0.434 e. The Morgan fingerprint density at radius 1 is 1.62 bits per heavy atom. The third-order valence-electron chi connectivity index (χ3n) is 2.19. The highest BCUT2D eigenvalue weighted by molar-refractivity contribution is 4.76. The second-order valence-corrected chi connectivity index (χ2v) is 3.18. The van der Waals surface area contributed by atoms with E-state index in [0.717, 1.165) is 25.9 Å². The number of ether oxygens (including phenoxy) is 1. The van der Waals surface area contributed by atoms with Gasteiger partial charge in [0, 0.05) is 13.0 Å². The van der Waals surface area contributed by atoms with Gasteiger partial charge in [0.25, 0.3) is 0 Å². The van der Waals surface area contributed by atoms with Crippen LogP contribution >= 0.6 is 0 Å². The van der Waals surface area contributed by atoms with Crippen molar-refractivity contribution in [3.8, 4) is 0 Å². The van der Waals surface area contributed by atoms with Crippen molar-refractivity contribution in [2.45, 2.75) is 31.8 Å². The average Bonchev–Trinajstić information content (AvgIpc) is 2.71. The smallest absolute Gasteiger partial charge is 0.393 e. The van der Waals surface area contributed by atoms with E-state index in [-0.39, 0.29) is 0 Å². The van der Waals surface area contributed by atoms with Crippen molar-refractivity contribution < 1.29 is 9.15 Å². The van der Waals surface area contributed by atoms with Crippen LogP contribution in [0.5, 0.6) is 0 Å². The number of aromatic amines is 1. The molecule has 1 saturated heterocycles. The van der Waals surface area contributed by atoms with Crippen molar-refractivity contribution in [3.63, 3.8) is 0 Å². The van der Waals surface area contributed by atoms with Crippen molar-refractivity contribution in [1.82, 2.24) is 10.2 Å². The van der Waals surface area contributed by atoms with Crippen LogP contribution in [-0.2, 0) is 11.2 Å². The molecule has 1 aromatic rings. The van der Waals surface area contributed by atoms with E-state index in [1.807, 2.05) is 0 Å². The van der Waals surface area contributed by atoms with Crippen LogP contribution in [0.1, 0.15) is 25.2 Å². The maximum absolute atomic E-state index is 10.6. The van der Waals surface area contributed by atoms with E-state index < -0.39 is 5.76 Å². The van der Waals surface area contributed by atoms with Crippen LogP contribution in [0.15, 0.2) is 9.21 Å². The summed E-state index contributed by atoms with van der Waals surface area (Å²) in [5.41, 5.74) is 0. The summed E-state index contributed by atoms with van der Waals surface area (Å²) < 4.78 is 10.2. The second kappa shape index (κ2) is 3.74. The van der Waals surface area contributed by atoms with Gasteiger partial charge >= 0.3 is 5.76 Å². The molecule has 1 atom stereocenters. The number of hydrogen-bond acceptors (Lipinski definition) is 4.